The van der Waals surface area contributed by atoms with Crippen molar-refractivity contribution >= 4 is 5.91 Å². The standard InChI is InChI=1S/C11H20N2O/c1-12-7-11(14)13-8-9-5-3-2-4-6-10(9)13/h9-10,12H,2-8H2,1H3. The summed E-state index contributed by atoms with van der Waals surface area (Å²) in [6, 6.07) is 0.582. The Kier molecular flexibility index (Phi) is 3.06. The maximum atomic E-state index is 11.7. The zero-order valence-corrected chi connectivity index (χ0v) is 8.96. The van der Waals surface area contributed by atoms with Crippen LogP contribution in [0.4, 0.5) is 0 Å². The van der Waals surface area contributed by atoms with Gasteiger partial charge in [-0.1, -0.05) is 19.3 Å². The number of rotatable bonds is 2. The van der Waals surface area contributed by atoms with E-state index in [1.54, 1.807) is 0 Å². The fourth-order valence-electron chi connectivity index (χ4n) is 2.78. The summed E-state index contributed by atoms with van der Waals surface area (Å²) in [6.07, 6.45) is 6.62. The number of carbonyl (C=O) groups is 1. The number of nitrogens with one attached hydrogen (secondary N) is 1. The highest BCUT2D eigenvalue weighted by Gasteiger charge is 2.41. The van der Waals surface area contributed by atoms with Crippen molar-refractivity contribution in [3.8, 4) is 0 Å². The van der Waals surface area contributed by atoms with Crippen LogP contribution in [0.2, 0.25) is 0 Å². The molecule has 2 aliphatic rings. The number of amides is 1. The Hall–Kier alpha value is -0.570. The first-order valence-electron chi connectivity index (χ1n) is 5.77. The summed E-state index contributed by atoms with van der Waals surface area (Å²) in [4.78, 5) is 13.7. The van der Waals surface area contributed by atoms with E-state index in [1.807, 2.05) is 7.05 Å². The van der Waals surface area contributed by atoms with Crippen molar-refractivity contribution in [2.24, 2.45) is 5.92 Å². The van der Waals surface area contributed by atoms with Crippen LogP contribution in [-0.2, 0) is 4.79 Å². The van der Waals surface area contributed by atoms with Gasteiger partial charge in [0, 0.05) is 12.6 Å². The van der Waals surface area contributed by atoms with Gasteiger partial charge in [0.2, 0.25) is 5.91 Å². The number of nitrogens with zero attached hydrogens (tertiary/aromatic N) is 1. The molecule has 0 aromatic carbocycles. The van der Waals surface area contributed by atoms with E-state index in [-0.39, 0.29) is 5.91 Å². The molecule has 1 saturated carbocycles. The van der Waals surface area contributed by atoms with Crippen LogP contribution in [-0.4, -0.2) is 37.0 Å². The van der Waals surface area contributed by atoms with E-state index in [0.29, 0.717) is 12.6 Å². The Morgan fingerprint density at radius 2 is 2.14 bits per heavy atom. The van der Waals surface area contributed by atoms with Crippen LogP contribution in [0.1, 0.15) is 32.1 Å². The molecule has 2 atom stereocenters. The van der Waals surface area contributed by atoms with Crippen LogP contribution in [0, 0.1) is 5.92 Å². The lowest BCUT2D eigenvalue weighted by atomic mass is 9.84. The molecule has 80 valence electrons. The zero-order valence-electron chi connectivity index (χ0n) is 8.96. The van der Waals surface area contributed by atoms with Crippen molar-refractivity contribution in [3.63, 3.8) is 0 Å². The molecule has 1 heterocycles. The van der Waals surface area contributed by atoms with Crippen molar-refractivity contribution in [2.45, 2.75) is 38.1 Å². The third kappa shape index (κ3) is 1.78. The summed E-state index contributed by atoms with van der Waals surface area (Å²) in [7, 11) is 1.84. The molecule has 1 aliphatic heterocycles. The summed E-state index contributed by atoms with van der Waals surface area (Å²) in [5.41, 5.74) is 0. The van der Waals surface area contributed by atoms with Crippen molar-refractivity contribution in [3.05, 3.63) is 0 Å². The fraction of sp³-hybridized carbons (Fsp3) is 0.909. The van der Waals surface area contributed by atoms with Gasteiger partial charge >= 0.3 is 0 Å². The minimum absolute atomic E-state index is 0.288. The molecular weight excluding hydrogens is 176 g/mol. The lowest BCUT2D eigenvalue weighted by Gasteiger charge is -2.47. The Labute approximate surface area is 85.8 Å². The molecule has 0 radical (unpaired) electrons. The van der Waals surface area contributed by atoms with Crippen LogP contribution in [0.3, 0.4) is 0 Å². The largest absolute Gasteiger partial charge is 0.338 e. The van der Waals surface area contributed by atoms with Crippen molar-refractivity contribution < 1.29 is 4.79 Å². The quantitative estimate of drug-likeness (QED) is 0.714. The van der Waals surface area contributed by atoms with Crippen LogP contribution >= 0.6 is 0 Å². The lowest BCUT2D eigenvalue weighted by Crippen LogP contribution is -2.59. The smallest absolute Gasteiger partial charge is 0.236 e. The van der Waals surface area contributed by atoms with Gasteiger partial charge < -0.3 is 10.2 Å². The summed E-state index contributed by atoms with van der Waals surface area (Å²) in [6.45, 7) is 1.52. The molecule has 2 unspecified atom stereocenters. The normalized spacial score (nSPS) is 31.6. The van der Waals surface area contributed by atoms with E-state index in [9.17, 15) is 4.79 Å². The SMILES string of the molecule is CNCC(=O)N1CC2CCCCCC21. The molecule has 0 spiro atoms. The first-order valence-corrected chi connectivity index (χ1v) is 5.77. The summed E-state index contributed by atoms with van der Waals surface area (Å²) in [5.74, 6) is 1.11. The Morgan fingerprint density at radius 1 is 1.36 bits per heavy atom. The van der Waals surface area contributed by atoms with Gasteiger partial charge in [-0.05, 0) is 25.8 Å². The molecule has 0 aromatic heterocycles. The highest BCUT2D eigenvalue weighted by molar-refractivity contribution is 5.79. The number of hydrogen-bond donors (Lipinski definition) is 1. The van der Waals surface area contributed by atoms with Crippen LogP contribution in [0.25, 0.3) is 0 Å². The second kappa shape index (κ2) is 4.30. The van der Waals surface area contributed by atoms with Gasteiger partial charge in [-0.25, -0.2) is 0 Å². The zero-order chi connectivity index (χ0) is 9.97. The predicted octanol–water partition coefficient (Wildman–Crippen LogP) is 0.997. The highest BCUT2D eigenvalue weighted by atomic mass is 16.2. The Morgan fingerprint density at radius 3 is 2.93 bits per heavy atom. The van der Waals surface area contributed by atoms with Crippen LogP contribution in [0.5, 0.6) is 0 Å². The van der Waals surface area contributed by atoms with E-state index < -0.39 is 0 Å². The topological polar surface area (TPSA) is 32.3 Å². The molecule has 0 bridgehead atoms. The Balaban J connectivity index is 1.88. The molecular formula is C11H20N2O. The van der Waals surface area contributed by atoms with Gasteiger partial charge in [-0.2, -0.15) is 0 Å². The lowest BCUT2D eigenvalue weighted by molar-refractivity contribution is -0.142. The number of fused-ring (bicyclic) bond motifs is 1. The molecule has 1 aliphatic carbocycles. The molecule has 3 heteroatoms. The minimum Gasteiger partial charge on any atom is -0.338 e. The van der Waals surface area contributed by atoms with Gasteiger partial charge in [0.05, 0.1) is 6.54 Å². The molecule has 2 rings (SSSR count). The first-order chi connectivity index (χ1) is 6.83. The maximum Gasteiger partial charge on any atom is 0.236 e. The predicted molar refractivity (Wildman–Crippen MR) is 56.0 cm³/mol. The number of carbonyl (C=O) groups excluding carboxylic acids is 1. The van der Waals surface area contributed by atoms with E-state index in [1.165, 1.54) is 32.1 Å². The first kappa shape index (κ1) is 9.97. The van der Waals surface area contributed by atoms with Gasteiger partial charge in [0.25, 0.3) is 0 Å². The number of hydrogen-bond acceptors (Lipinski definition) is 2. The molecule has 1 N–H and O–H groups in total. The molecule has 1 saturated heterocycles. The molecule has 3 nitrogen and oxygen atoms in total. The van der Waals surface area contributed by atoms with E-state index >= 15 is 0 Å². The van der Waals surface area contributed by atoms with Crippen molar-refractivity contribution in [1.29, 1.82) is 0 Å². The Bertz CT molecular complexity index is 217. The number of likely N-dealkylation sites (N-methyl/N-ethyl adjacent to an activating group) is 1. The van der Waals surface area contributed by atoms with Gasteiger partial charge in [-0.3, -0.25) is 4.79 Å². The molecule has 1 amide bonds. The van der Waals surface area contributed by atoms with Crippen molar-refractivity contribution in [2.75, 3.05) is 20.1 Å². The van der Waals surface area contributed by atoms with Crippen molar-refractivity contribution in [1.82, 2.24) is 10.2 Å². The summed E-state index contributed by atoms with van der Waals surface area (Å²) >= 11 is 0. The van der Waals surface area contributed by atoms with E-state index in [0.717, 1.165) is 12.5 Å². The third-order valence-electron chi connectivity index (χ3n) is 3.60. The fourth-order valence-corrected chi connectivity index (χ4v) is 2.78. The average Bonchev–Trinajstić information content (AvgIpc) is 2.29. The maximum absolute atomic E-state index is 11.7. The third-order valence-corrected chi connectivity index (χ3v) is 3.60. The second-order valence-electron chi connectivity index (χ2n) is 4.54. The molecule has 0 aromatic rings. The number of likely N-dealkylation sites (tertiary alicyclic amines) is 1. The van der Waals surface area contributed by atoms with Crippen LogP contribution in [0.15, 0.2) is 0 Å². The van der Waals surface area contributed by atoms with E-state index in [2.05, 4.69) is 10.2 Å². The minimum atomic E-state index is 0.288. The monoisotopic (exact) mass is 196 g/mol. The van der Waals surface area contributed by atoms with Gasteiger partial charge in [0.15, 0.2) is 0 Å². The highest BCUT2D eigenvalue weighted by Crippen LogP contribution is 2.35. The molecule has 2 fully saturated rings. The summed E-state index contributed by atoms with van der Waals surface area (Å²) in [5, 5.41) is 2.94. The van der Waals surface area contributed by atoms with E-state index in [4.69, 9.17) is 0 Å². The summed E-state index contributed by atoms with van der Waals surface area (Å²) < 4.78 is 0. The van der Waals surface area contributed by atoms with Crippen LogP contribution < -0.4 is 5.32 Å². The second-order valence-corrected chi connectivity index (χ2v) is 4.54. The van der Waals surface area contributed by atoms with Gasteiger partial charge in [-0.15, -0.1) is 0 Å². The average molecular weight is 196 g/mol. The van der Waals surface area contributed by atoms with Gasteiger partial charge in [0.1, 0.15) is 0 Å². The molecule has 14 heavy (non-hydrogen) atoms.